The SMILES string of the molecule is Cc1ccc(NC(=O)CSc2nnc(C)n2-c2ccccc2)cc1Cl. The van der Waals surface area contributed by atoms with Crippen LogP contribution in [-0.2, 0) is 4.79 Å². The normalized spacial score (nSPS) is 10.7. The number of para-hydroxylation sites is 1. The second kappa shape index (κ2) is 7.72. The van der Waals surface area contributed by atoms with Gasteiger partial charge in [0.25, 0.3) is 0 Å². The van der Waals surface area contributed by atoms with E-state index in [4.69, 9.17) is 11.6 Å². The molecule has 0 aliphatic rings. The van der Waals surface area contributed by atoms with Crippen LogP contribution in [0.2, 0.25) is 5.02 Å². The van der Waals surface area contributed by atoms with Gasteiger partial charge >= 0.3 is 0 Å². The van der Waals surface area contributed by atoms with Gasteiger partial charge in [-0.1, -0.05) is 47.6 Å². The maximum Gasteiger partial charge on any atom is 0.234 e. The van der Waals surface area contributed by atoms with Crippen LogP contribution < -0.4 is 5.32 Å². The van der Waals surface area contributed by atoms with E-state index in [0.29, 0.717) is 15.9 Å². The van der Waals surface area contributed by atoms with Crippen molar-refractivity contribution >= 4 is 35.0 Å². The number of hydrogen-bond donors (Lipinski definition) is 1. The molecule has 3 rings (SSSR count). The zero-order valence-electron chi connectivity index (χ0n) is 13.9. The second-order valence-corrected chi connectivity index (χ2v) is 6.85. The third-order valence-corrected chi connectivity index (χ3v) is 4.93. The number of benzene rings is 2. The molecule has 0 fully saturated rings. The summed E-state index contributed by atoms with van der Waals surface area (Å²) in [5.41, 5.74) is 2.63. The maximum absolute atomic E-state index is 12.2. The van der Waals surface area contributed by atoms with Gasteiger partial charge in [-0.15, -0.1) is 10.2 Å². The van der Waals surface area contributed by atoms with Gasteiger partial charge in [-0.2, -0.15) is 0 Å². The minimum Gasteiger partial charge on any atom is -0.325 e. The molecular formula is C18H17ClN4OS. The van der Waals surface area contributed by atoms with E-state index in [0.717, 1.165) is 17.1 Å². The number of thioether (sulfide) groups is 1. The predicted octanol–water partition coefficient (Wildman–Crippen LogP) is 4.27. The van der Waals surface area contributed by atoms with Gasteiger partial charge in [-0.05, 0) is 43.7 Å². The zero-order valence-corrected chi connectivity index (χ0v) is 15.4. The Kier molecular flexibility index (Phi) is 5.40. The molecule has 0 aliphatic heterocycles. The highest BCUT2D eigenvalue weighted by Crippen LogP contribution is 2.23. The van der Waals surface area contributed by atoms with Gasteiger partial charge in [0.05, 0.1) is 5.75 Å². The molecule has 1 amide bonds. The Morgan fingerprint density at radius 2 is 1.92 bits per heavy atom. The lowest BCUT2D eigenvalue weighted by Crippen LogP contribution is -2.14. The van der Waals surface area contributed by atoms with Gasteiger partial charge < -0.3 is 5.32 Å². The van der Waals surface area contributed by atoms with Crippen molar-refractivity contribution in [2.45, 2.75) is 19.0 Å². The molecular weight excluding hydrogens is 356 g/mol. The van der Waals surface area contributed by atoms with Crippen molar-refractivity contribution < 1.29 is 4.79 Å². The Bertz CT molecular complexity index is 895. The molecule has 0 unspecified atom stereocenters. The van der Waals surface area contributed by atoms with Gasteiger partial charge in [-0.25, -0.2) is 0 Å². The van der Waals surface area contributed by atoms with Crippen LogP contribution in [0.3, 0.4) is 0 Å². The van der Waals surface area contributed by atoms with Gasteiger partial charge in [0.15, 0.2) is 5.16 Å². The quantitative estimate of drug-likeness (QED) is 0.679. The summed E-state index contributed by atoms with van der Waals surface area (Å²) in [5, 5.41) is 12.4. The number of amides is 1. The van der Waals surface area contributed by atoms with Crippen molar-refractivity contribution in [1.29, 1.82) is 0 Å². The number of carbonyl (C=O) groups excluding carboxylic acids is 1. The van der Waals surface area contributed by atoms with E-state index in [1.165, 1.54) is 11.8 Å². The first-order valence-electron chi connectivity index (χ1n) is 7.71. The number of aryl methyl sites for hydroxylation is 2. The molecule has 7 heteroatoms. The second-order valence-electron chi connectivity index (χ2n) is 5.50. The predicted molar refractivity (Wildman–Crippen MR) is 102 cm³/mol. The standard InChI is InChI=1S/C18H17ClN4OS/c1-12-8-9-14(10-16(12)19)20-17(24)11-25-18-22-21-13(2)23(18)15-6-4-3-5-7-15/h3-10H,11H2,1-2H3,(H,20,24). The highest BCUT2D eigenvalue weighted by Gasteiger charge is 2.13. The van der Waals surface area contributed by atoms with E-state index in [9.17, 15) is 4.79 Å². The molecule has 5 nitrogen and oxygen atoms in total. The van der Waals surface area contributed by atoms with Crippen molar-refractivity contribution in [3.63, 3.8) is 0 Å². The highest BCUT2D eigenvalue weighted by atomic mass is 35.5. The average molecular weight is 373 g/mol. The Morgan fingerprint density at radius 3 is 2.64 bits per heavy atom. The Hall–Kier alpha value is -2.31. The molecule has 2 aromatic carbocycles. The van der Waals surface area contributed by atoms with Crippen LogP contribution in [0, 0.1) is 13.8 Å². The van der Waals surface area contributed by atoms with Crippen LogP contribution in [0.15, 0.2) is 53.7 Å². The van der Waals surface area contributed by atoms with E-state index in [-0.39, 0.29) is 11.7 Å². The molecule has 0 radical (unpaired) electrons. The smallest absolute Gasteiger partial charge is 0.234 e. The number of anilines is 1. The van der Waals surface area contributed by atoms with Gasteiger partial charge in [-0.3, -0.25) is 9.36 Å². The number of aromatic nitrogens is 3. The summed E-state index contributed by atoms with van der Waals surface area (Å²) >= 11 is 7.43. The lowest BCUT2D eigenvalue weighted by atomic mass is 10.2. The van der Waals surface area contributed by atoms with E-state index < -0.39 is 0 Å². The summed E-state index contributed by atoms with van der Waals surface area (Å²) in [6.07, 6.45) is 0. The maximum atomic E-state index is 12.2. The Morgan fingerprint density at radius 1 is 1.16 bits per heavy atom. The highest BCUT2D eigenvalue weighted by molar-refractivity contribution is 7.99. The summed E-state index contributed by atoms with van der Waals surface area (Å²) in [6, 6.07) is 15.3. The minimum atomic E-state index is -0.120. The Balaban J connectivity index is 1.68. The molecule has 0 saturated heterocycles. The molecule has 0 aliphatic carbocycles. The Labute approximate surface area is 155 Å². The van der Waals surface area contributed by atoms with Crippen LogP contribution in [0.5, 0.6) is 0 Å². The van der Waals surface area contributed by atoms with Crippen molar-refractivity contribution in [2.24, 2.45) is 0 Å². The number of nitrogens with one attached hydrogen (secondary N) is 1. The largest absolute Gasteiger partial charge is 0.325 e. The number of carbonyl (C=O) groups is 1. The molecule has 128 valence electrons. The lowest BCUT2D eigenvalue weighted by molar-refractivity contribution is -0.113. The third-order valence-electron chi connectivity index (χ3n) is 3.60. The topological polar surface area (TPSA) is 59.8 Å². The number of halogens is 1. The van der Waals surface area contributed by atoms with Gasteiger partial charge in [0.1, 0.15) is 5.82 Å². The summed E-state index contributed by atoms with van der Waals surface area (Å²) in [4.78, 5) is 12.2. The van der Waals surface area contributed by atoms with Crippen molar-refractivity contribution in [3.05, 3.63) is 64.9 Å². The first-order valence-corrected chi connectivity index (χ1v) is 9.07. The molecule has 1 heterocycles. The molecule has 0 atom stereocenters. The van der Waals surface area contributed by atoms with Crippen LogP contribution in [-0.4, -0.2) is 26.4 Å². The zero-order chi connectivity index (χ0) is 17.8. The molecule has 25 heavy (non-hydrogen) atoms. The van der Waals surface area contributed by atoms with Crippen LogP contribution in [0.4, 0.5) is 5.69 Å². The summed E-state index contributed by atoms with van der Waals surface area (Å²) in [7, 11) is 0. The van der Waals surface area contributed by atoms with Gasteiger partial charge in [0, 0.05) is 16.4 Å². The first-order chi connectivity index (χ1) is 12.0. The minimum absolute atomic E-state index is 0.120. The molecule has 3 aromatic rings. The number of nitrogens with zero attached hydrogens (tertiary/aromatic N) is 3. The summed E-state index contributed by atoms with van der Waals surface area (Å²) < 4.78 is 1.93. The van der Waals surface area contributed by atoms with Crippen LogP contribution >= 0.6 is 23.4 Å². The van der Waals surface area contributed by atoms with E-state index in [2.05, 4.69) is 15.5 Å². The van der Waals surface area contributed by atoms with Gasteiger partial charge in [0.2, 0.25) is 5.91 Å². The van der Waals surface area contributed by atoms with E-state index >= 15 is 0 Å². The fourth-order valence-electron chi connectivity index (χ4n) is 2.31. The fraction of sp³-hybridized carbons (Fsp3) is 0.167. The first kappa shape index (κ1) is 17.5. The van der Waals surface area contributed by atoms with Crippen molar-refractivity contribution in [2.75, 3.05) is 11.1 Å². The molecule has 0 saturated carbocycles. The van der Waals surface area contributed by atoms with E-state index in [1.807, 2.05) is 60.9 Å². The molecule has 0 spiro atoms. The van der Waals surface area contributed by atoms with Crippen molar-refractivity contribution in [3.8, 4) is 5.69 Å². The van der Waals surface area contributed by atoms with E-state index in [1.54, 1.807) is 6.07 Å². The summed E-state index contributed by atoms with van der Waals surface area (Å²) in [6.45, 7) is 3.81. The fourth-order valence-corrected chi connectivity index (χ4v) is 3.29. The lowest BCUT2D eigenvalue weighted by Gasteiger charge is -2.09. The van der Waals surface area contributed by atoms with Crippen LogP contribution in [0.25, 0.3) is 5.69 Å². The molecule has 0 bridgehead atoms. The molecule has 1 N–H and O–H groups in total. The number of rotatable bonds is 5. The third kappa shape index (κ3) is 4.21. The summed E-state index contributed by atoms with van der Waals surface area (Å²) in [5.74, 6) is 0.890. The average Bonchev–Trinajstić information content (AvgIpc) is 2.98. The molecule has 1 aromatic heterocycles. The van der Waals surface area contributed by atoms with Crippen LogP contribution in [0.1, 0.15) is 11.4 Å². The van der Waals surface area contributed by atoms with Crippen molar-refractivity contribution in [1.82, 2.24) is 14.8 Å². The number of hydrogen-bond acceptors (Lipinski definition) is 4. The monoisotopic (exact) mass is 372 g/mol.